The Hall–Kier alpha value is -2.18. The van der Waals surface area contributed by atoms with Crippen molar-refractivity contribution in [1.82, 2.24) is 15.6 Å². The number of hydrogen-bond donors (Lipinski definition) is 2. The number of nitrogens with zero attached hydrogens (tertiary/aromatic N) is 2. The van der Waals surface area contributed by atoms with E-state index in [2.05, 4.69) is 20.7 Å². The first-order valence-electron chi connectivity index (χ1n) is 5.54. The molecule has 98 valence electrons. The maximum absolute atomic E-state index is 11.6. The molecule has 0 aliphatic carbocycles. The third-order valence-electron chi connectivity index (χ3n) is 1.99. The minimum atomic E-state index is -0.428. The molecule has 1 aromatic rings. The number of nitrogens with one attached hydrogen (secondary N) is 2. The lowest BCUT2D eigenvalue weighted by molar-refractivity contribution is -0.141. The summed E-state index contributed by atoms with van der Waals surface area (Å²) in [6, 6.07) is 1.60. The third-order valence-corrected chi connectivity index (χ3v) is 1.99. The molecule has 7 nitrogen and oxygen atoms in total. The SMILES string of the molecule is CCOC(=O)CC(C)=NNC(=O)c1cc(C)[nH]n1. The average molecular weight is 252 g/mol. The van der Waals surface area contributed by atoms with Gasteiger partial charge in [-0.1, -0.05) is 0 Å². The Morgan fingerprint density at radius 3 is 2.83 bits per heavy atom. The van der Waals surface area contributed by atoms with Gasteiger partial charge in [0.1, 0.15) is 0 Å². The maximum atomic E-state index is 11.6. The molecule has 0 unspecified atom stereocenters. The number of ether oxygens (including phenoxy) is 1. The number of rotatable bonds is 5. The lowest BCUT2D eigenvalue weighted by atomic mass is 10.3. The van der Waals surface area contributed by atoms with Crippen molar-refractivity contribution in [1.29, 1.82) is 0 Å². The highest BCUT2D eigenvalue weighted by atomic mass is 16.5. The predicted octanol–water partition coefficient (Wildman–Crippen LogP) is 0.777. The van der Waals surface area contributed by atoms with E-state index >= 15 is 0 Å². The molecular formula is C11H16N4O3. The number of hydrazone groups is 1. The van der Waals surface area contributed by atoms with Gasteiger partial charge in [0.25, 0.3) is 5.91 Å². The topological polar surface area (TPSA) is 96.4 Å². The van der Waals surface area contributed by atoms with Crippen molar-refractivity contribution in [2.45, 2.75) is 27.2 Å². The maximum Gasteiger partial charge on any atom is 0.311 e. The van der Waals surface area contributed by atoms with Crippen LogP contribution in [0.25, 0.3) is 0 Å². The molecule has 0 aliphatic heterocycles. The first-order valence-corrected chi connectivity index (χ1v) is 5.54. The van der Waals surface area contributed by atoms with E-state index in [1.165, 1.54) is 0 Å². The van der Waals surface area contributed by atoms with E-state index in [9.17, 15) is 9.59 Å². The Labute approximate surface area is 105 Å². The number of H-pyrrole nitrogens is 1. The number of esters is 1. The smallest absolute Gasteiger partial charge is 0.311 e. The van der Waals surface area contributed by atoms with Crippen LogP contribution in [0, 0.1) is 6.92 Å². The number of hydrogen-bond acceptors (Lipinski definition) is 5. The predicted molar refractivity (Wildman–Crippen MR) is 65.1 cm³/mol. The highest BCUT2D eigenvalue weighted by Gasteiger charge is 2.09. The van der Waals surface area contributed by atoms with Gasteiger partial charge in [-0.05, 0) is 26.8 Å². The molecule has 1 amide bonds. The van der Waals surface area contributed by atoms with Crippen LogP contribution in [0.2, 0.25) is 0 Å². The Kier molecular flexibility index (Phi) is 5.04. The first kappa shape index (κ1) is 13.9. The summed E-state index contributed by atoms with van der Waals surface area (Å²) in [6.45, 7) is 5.48. The van der Waals surface area contributed by atoms with Crippen molar-refractivity contribution in [2.75, 3.05) is 6.61 Å². The summed E-state index contributed by atoms with van der Waals surface area (Å²) < 4.78 is 4.76. The van der Waals surface area contributed by atoms with E-state index in [4.69, 9.17) is 4.74 Å². The van der Waals surface area contributed by atoms with Crippen LogP contribution in [0.5, 0.6) is 0 Å². The van der Waals surface area contributed by atoms with Crippen LogP contribution < -0.4 is 5.43 Å². The van der Waals surface area contributed by atoms with Crippen LogP contribution in [0.1, 0.15) is 36.5 Å². The van der Waals surface area contributed by atoms with Gasteiger partial charge in [-0.25, -0.2) is 5.43 Å². The van der Waals surface area contributed by atoms with Gasteiger partial charge in [0.15, 0.2) is 5.69 Å². The van der Waals surface area contributed by atoms with E-state index < -0.39 is 5.91 Å². The number of aromatic nitrogens is 2. The molecule has 7 heteroatoms. The zero-order valence-electron chi connectivity index (χ0n) is 10.6. The van der Waals surface area contributed by atoms with Crippen LogP contribution >= 0.6 is 0 Å². The molecule has 0 fully saturated rings. The van der Waals surface area contributed by atoms with Gasteiger partial charge in [-0.15, -0.1) is 0 Å². The quantitative estimate of drug-likeness (QED) is 0.459. The Morgan fingerprint density at radius 1 is 1.56 bits per heavy atom. The average Bonchev–Trinajstić information content (AvgIpc) is 2.73. The fourth-order valence-electron chi connectivity index (χ4n) is 1.20. The molecule has 1 rings (SSSR count). The second-order valence-electron chi connectivity index (χ2n) is 3.71. The number of carbonyl (C=O) groups excluding carboxylic acids is 2. The second-order valence-corrected chi connectivity index (χ2v) is 3.71. The monoisotopic (exact) mass is 252 g/mol. The van der Waals surface area contributed by atoms with Crippen LogP contribution in [-0.4, -0.2) is 34.4 Å². The molecule has 0 aliphatic rings. The minimum Gasteiger partial charge on any atom is -0.466 e. The van der Waals surface area contributed by atoms with E-state index in [-0.39, 0.29) is 18.1 Å². The Morgan fingerprint density at radius 2 is 2.28 bits per heavy atom. The summed E-state index contributed by atoms with van der Waals surface area (Å²) in [5.41, 5.74) is 3.82. The van der Waals surface area contributed by atoms with Gasteiger partial charge < -0.3 is 4.74 Å². The molecule has 0 aromatic carbocycles. The molecule has 0 saturated heterocycles. The van der Waals surface area contributed by atoms with Gasteiger partial charge in [0, 0.05) is 11.4 Å². The molecule has 0 spiro atoms. The van der Waals surface area contributed by atoms with E-state index in [1.807, 2.05) is 0 Å². The van der Waals surface area contributed by atoms with Gasteiger partial charge >= 0.3 is 5.97 Å². The molecule has 2 N–H and O–H groups in total. The van der Waals surface area contributed by atoms with E-state index in [0.717, 1.165) is 5.69 Å². The van der Waals surface area contributed by atoms with Crippen molar-refractivity contribution in [3.05, 3.63) is 17.5 Å². The highest BCUT2D eigenvalue weighted by Crippen LogP contribution is 1.97. The van der Waals surface area contributed by atoms with Crippen LogP contribution in [0.3, 0.4) is 0 Å². The van der Waals surface area contributed by atoms with Gasteiger partial charge in [-0.2, -0.15) is 10.2 Å². The number of aryl methyl sites for hydroxylation is 1. The lowest BCUT2D eigenvalue weighted by Gasteiger charge is -2.01. The summed E-state index contributed by atoms with van der Waals surface area (Å²) in [7, 11) is 0. The standard InChI is InChI=1S/C11H16N4O3/c1-4-18-10(16)6-8(3)13-15-11(17)9-5-7(2)12-14-9/h5H,4,6H2,1-3H3,(H,12,14)(H,15,17). The summed E-state index contributed by atoms with van der Waals surface area (Å²) >= 11 is 0. The zero-order chi connectivity index (χ0) is 13.5. The van der Waals surface area contributed by atoms with Crippen molar-refractivity contribution in [3.8, 4) is 0 Å². The highest BCUT2D eigenvalue weighted by molar-refractivity contribution is 5.99. The van der Waals surface area contributed by atoms with Crippen molar-refractivity contribution >= 4 is 17.6 Å². The van der Waals surface area contributed by atoms with Gasteiger partial charge in [0.2, 0.25) is 0 Å². The van der Waals surface area contributed by atoms with Crippen molar-refractivity contribution in [3.63, 3.8) is 0 Å². The minimum absolute atomic E-state index is 0.0493. The van der Waals surface area contributed by atoms with Gasteiger partial charge in [0.05, 0.1) is 13.0 Å². The second kappa shape index (κ2) is 6.53. The van der Waals surface area contributed by atoms with Crippen LogP contribution in [0.4, 0.5) is 0 Å². The fourth-order valence-corrected chi connectivity index (χ4v) is 1.20. The van der Waals surface area contributed by atoms with Crippen molar-refractivity contribution < 1.29 is 14.3 Å². The molecule has 0 atom stereocenters. The third kappa shape index (κ3) is 4.36. The number of carbonyl (C=O) groups is 2. The largest absolute Gasteiger partial charge is 0.466 e. The molecular weight excluding hydrogens is 236 g/mol. The number of amides is 1. The summed E-state index contributed by atoms with van der Waals surface area (Å²) in [6.07, 6.45) is 0.0493. The van der Waals surface area contributed by atoms with Crippen LogP contribution in [-0.2, 0) is 9.53 Å². The summed E-state index contributed by atoms with van der Waals surface area (Å²) in [5.74, 6) is -0.800. The summed E-state index contributed by atoms with van der Waals surface area (Å²) in [5, 5.41) is 10.2. The number of aromatic amines is 1. The molecule has 1 heterocycles. The fraction of sp³-hybridized carbons (Fsp3) is 0.455. The van der Waals surface area contributed by atoms with Gasteiger partial charge in [-0.3, -0.25) is 14.7 Å². The molecule has 0 saturated carbocycles. The van der Waals surface area contributed by atoms with Crippen LogP contribution in [0.15, 0.2) is 11.2 Å². The van der Waals surface area contributed by atoms with E-state index in [1.54, 1.807) is 26.8 Å². The molecule has 18 heavy (non-hydrogen) atoms. The van der Waals surface area contributed by atoms with E-state index in [0.29, 0.717) is 12.3 Å². The van der Waals surface area contributed by atoms with Crippen molar-refractivity contribution in [2.24, 2.45) is 5.10 Å². The molecule has 1 aromatic heterocycles. The normalized spacial score (nSPS) is 11.2. The first-order chi connectivity index (χ1) is 8.52. The lowest BCUT2D eigenvalue weighted by Crippen LogP contribution is -2.20. The molecule has 0 bridgehead atoms. The summed E-state index contributed by atoms with van der Waals surface area (Å²) in [4.78, 5) is 22.7. The molecule has 0 radical (unpaired) electrons. The Bertz CT molecular complexity index is 465. The Balaban J connectivity index is 2.48. The zero-order valence-corrected chi connectivity index (χ0v) is 10.6.